The summed E-state index contributed by atoms with van der Waals surface area (Å²) >= 11 is 1.47. The lowest BCUT2D eigenvalue weighted by molar-refractivity contribution is -0.114. The Morgan fingerprint density at radius 3 is 2.53 bits per heavy atom. The van der Waals surface area contributed by atoms with Crippen molar-refractivity contribution in [2.45, 2.75) is 33.1 Å². The van der Waals surface area contributed by atoms with E-state index in [0.29, 0.717) is 27.7 Å². The standard InChI is InChI=1S/C23H22N2O4S/c1-13-5-10-17-19(12-13)30-23(20(17)21(27)18-4-3-11-29-18)25-22(28)15-6-8-16(9-7-15)24-14(2)26/h3-4,6-9,11,13H,5,10,12H2,1-2H3,(H,24,26)(H,25,28). The minimum atomic E-state index is -0.301. The van der Waals surface area contributed by atoms with Gasteiger partial charge in [0.2, 0.25) is 11.7 Å². The van der Waals surface area contributed by atoms with E-state index in [-0.39, 0.29) is 23.4 Å². The molecule has 2 aromatic heterocycles. The lowest BCUT2D eigenvalue weighted by Gasteiger charge is -2.18. The van der Waals surface area contributed by atoms with Crippen LogP contribution < -0.4 is 10.6 Å². The second-order valence-corrected chi connectivity index (χ2v) is 8.68. The fourth-order valence-electron chi connectivity index (χ4n) is 3.69. The van der Waals surface area contributed by atoms with Gasteiger partial charge < -0.3 is 15.1 Å². The van der Waals surface area contributed by atoms with E-state index in [1.807, 2.05) is 0 Å². The van der Waals surface area contributed by atoms with Crippen LogP contribution in [0.2, 0.25) is 0 Å². The third-order valence-electron chi connectivity index (χ3n) is 5.18. The van der Waals surface area contributed by atoms with E-state index in [0.717, 1.165) is 29.7 Å². The van der Waals surface area contributed by atoms with Crippen molar-refractivity contribution < 1.29 is 18.8 Å². The first-order valence-corrected chi connectivity index (χ1v) is 10.7. The average Bonchev–Trinajstić information content (AvgIpc) is 3.35. The molecule has 3 aromatic rings. The molecule has 2 amide bonds. The molecular weight excluding hydrogens is 400 g/mol. The molecule has 6 nitrogen and oxygen atoms in total. The molecule has 0 fully saturated rings. The largest absolute Gasteiger partial charge is 0.461 e. The van der Waals surface area contributed by atoms with E-state index >= 15 is 0 Å². The molecule has 7 heteroatoms. The number of hydrogen-bond donors (Lipinski definition) is 2. The molecule has 1 unspecified atom stereocenters. The summed E-state index contributed by atoms with van der Waals surface area (Å²) in [6.45, 7) is 3.63. The highest BCUT2D eigenvalue weighted by molar-refractivity contribution is 7.17. The summed E-state index contributed by atoms with van der Waals surface area (Å²) < 4.78 is 5.33. The Morgan fingerprint density at radius 2 is 1.87 bits per heavy atom. The van der Waals surface area contributed by atoms with Crippen molar-refractivity contribution in [2.24, 2.45) is 5.92 Å². The van der Waals surface area contributed by atoms with Gasteiger partial charge in [0.05, 0.1) is 11.8 Å². The molecule has 154 valence electrons. The third-order valence-corrected chi connectivity index (χ3v) is 6.35. The first-order chi connectivity index (χ1) is 14.4. The van der Waals surface area contributed by atoms with Gasteiger partial charge >= 0.3 is 0 Å². The predicted octanol–water partition coefficient (Wildman–Crippen LogP) is 4.91. The Kier molecular flexibility index (Phi) is 5.55. The van der Waals surface area contributed by atoms with Gasteiger partial charge in [0, 0.05) is 23.1 Å². The maximum absolute atomic E-state index is 13.1. The van der Waals surface area contributed by atoms with Crippen molar-refractivity contribution in [3.8, 4) is 0 Å². The van der Waals surface area contributed by atoms with Gasteiger partial charge in [0.15, 0.2) is 5.76 Å². The minimum absolute atomic E-state index is 0.174. The van der Waals surface area contributed by atoms with Crippen LogP contribution in [0.15, 0.2) is 47.1 Å². The van der Waals surface area contributed by atoms with E-state index in [2.05, 4.69) is 17.6 Å². The van der Waals surface area contributed by atoms with Crippen molar-refractivity contribution in [3.05, 3.63) is 70.0 Å². The Balaban J connectivity index is 1.64. The SMILES string of the molecule is CC(=O)Nc1ccc(C(=O)Nc2sc3c(c2C(=O)c2ccco2)CCC(C)C3)cc1. The molecule has 0 radical (unpaired) electrons. The van der Waals surface area contributed by atoms with Crippen molar-refractivity contribution in [2.75, 3.05) is 10.6 Å². The molecule has 1 aliphatic carbocycles. The molecule has 0 spiro atoms. The van der Waals surface area contributed by atoms with E-state index < -0.39 is 0 Å². The molecule has 1 atom stereocenters. The van der Waals surface area contributed by atoms with Gasteiger partial charge in [-0.15, -0.1) is 11.3 Å². The lowest BCUT2D eigenvalue weighted by atomic mass is 9.87. The molecule has 1 aliphatic rings. The van der Waals surface area contributed by atoms with Gasteiger partial charge in [0.25, 0.3) is 5.91 Å². The Morgan fingerprint density at radius 1 is 1.10 bits per heavy atom. The average molecular weight is 423 g/mol. The van der Waals surface area contributed by atoms with Crippen molar-refractivity contribution in [3.63, 3.8) is 0 Å². The smallest absolute Gasteiger partial charge is 0.256 e. The zero-order chi connectivity index (χ0) is 21.3. The van der Waals surface area contributed by atoms with E-state index in [1.165, 1.54) is 24.5 Å². The van der Waals surface area contributed by atoms with E-state index in [9.17, 15) is 14.4 Å². The van der Waals surface area contributed by atoms with Gasteiger partial charge in [-0.05, 0) is 67.1 Å². The first kappa shape index (κ1) is 20.1. The number of anilines is 2. The molecular formula is C23H22N2O4S. The van der Waals surface area contributed by atoms with Crippen LogP contribution in [0.5, 0.6) is 0 Å². The summed E-state index contributed by atoms with van der Waals surface area (Å²) in [5.74, 6) is 0.136. The second kappa shape index (κ2) is 8.28. The van der Waals surface area contributed by atoms with Crippen molar-refractivity contribution in [1.29, 1.82) is 0 Å². The summed E-state index contributed by atoms with van der Waals surface area (Å²) in [6, 6.07) is 9.96. The maximum atomic E-state index is 13.1. The van der Waals surface area contributed by atoms with Gasteiger partial charge in [-0.25, -0.2) is 0 Å². The van der Waals surface area contributed by atoms with Crippen LogP contribution in [-0.4, -0.2) is 17.6 Å². The Labute approximate surface area is 178 Å². The van der Waals surface area contributed by atoms with Crippen LogP contribution in [0.25, 0.3) is 0 Å². The fraction of sp³-hybridized carbons (Fsp3) is 0.261. The summed E-state index contributed by atoms with van der Waals surface area (Å²) in [5, 5.41) is 6.17. The number of furan rings is 1. The molecule has 0 saturated carbocycles. The summed E-state index contributed by atoms with van der Waals surface area (Å²) in [4.78, 5) is 38.3. The highest BCUT2D eigenvalue weighted by atomic mass is 32.1. The molecule has 0 saturated heterocycles. The van der Waals surface area contributed by atoms with E-state index in [1.54, 1.807) is 36.4 Å². The van der Waals surface area contributed by atoms with Gasteiger partial charge in [0.1, 0.15) is 5.00 Å². The van der Waals surface area contributed by atoms with Crippen LogP contribution in [0, 0.1) is 5.92 Å². The Hall–Kier alpha value is -3.19. The zero-order valence-corrected chi connectivity index (χ0v) is 17.6. The highest BCUT2D eigenvalue weighted by Gasteiger charge is 2.30. The first-order valence-electron chi connectivity index (χ1n) is 9.84. The monoisotopic (exact) mass is 422 g/mol. The molecule has 30 heavy (non-hydrogen) atoms. The lowest BCUT2D eigenvalue weighted by Crippen LogP contribution is -2.15. The maximum Gasteiger partial charge on any atom is 0.256 e. The van der Waals surface area contributed by atoms with Gasteiger partial charge in [-0.2, -0.15) is 0 Å². The second-order valence-electron chi connectivity index (χ2n) is 7.57. The number of amides is 2. The van der Waals surface area contributed by atoms with Crippen molar-refractivity contribution in [1.82, 2.24) is 0 Å². The van der Waals surface area contributed by atoms with Gasteiger partial charge in [-0.1, -0.05) is 6.92 Å². The van der Waals surface area contributed by atoms with Crippen LogP contribution in [0.1, 0.15) is 57.2 Å². The van der Waals surface area contributed by atoms with E-state index in [4.69, 9.17) is 4.42 Å². The van der Waals surface area contributed by atoms with Crippen LogP contribution in [0.4, 0.5) is 10.7 Å². The number of hydrogen-bond acceptors (Lipinski definition) is 5. The number of carbonyl (C=O) groups excluding carboxylic acids is 3. The molecule has 0 bridgehead atoms. The number of thiophene rings is 1. The highest BCUT2D eigenvalue weighted by Crippen LogP contribution is 2.41. The molecule has 2 N–H and O–H groups in total. The predicted molar refractivity (Wildman–Crippen MR) is 116 cm³/mol. The molecule has 1 aromatic carbocycles. The van der Waals surface area contributed by atoms with Crippen molar-refractivity contribution >= 4 is 39.6 Å². The third kappa shape index (κ3) is 4.07. The quantitative estimate of drug-likeness (QED) is 0.572. The normalized spacial score (nSPS) is 15.3. The number of nitrogens with one attached hydrogen (secondary N) is 2. The number of rotatable bonds is 5. The summed E-state index contributed by atoms with van der Waals surface area (Å²) in [5.41, 5.74) is 2.63. The zero-order valence-electron chi connectivity index (χ0n) is 16.8. The van der Waals surface area contributed by atoms with Crippen LogP contribution >= 0.6 is 11.3 Å². The van der Waals surface area contributed by atoms with Crippen LogP contribution in [-0.2, 0) is 17.6 Å². The number of carbonyl (C=O) groups is 3. The molecule has 2 heterocycles. The van der Waals surface area contributed by atoms with Crippen LogP contribution in [0.3, 0.4) is 0 Å². The molecule has 4 rings (SSSR count). The number of benzene rings is 1. The number of fused-ring (bicyclic) bond motifs is 1. The fourth-order valence-corrected chi connectivity index (χ4v) is 5.10. The topological polar surface area (TPSA) is 88.4 Å². The number of ketones is 1. The summed E-state index contributed by atoms with van der Waals surface area (Å²) in [6.07, 6.45) is 4.21. The molecule has 0 aliphatic heterocycles. The van der Waals surface area contributed by atoms with Gasteiger partial charge in [-0.3, -0.25) is 14.4 Å². The summed E-state index contributed by atoms with van der Waals surface area (Å²) in [7, 11) is 0. The minimum Gasteiger partial charge on any atom is -0.461 e. The Bertz CT molecular complexity index is 1100.